The first-order valence-electron chi connectivity index (χ1n) is 6.12. The monoisotopic (exact) mass is 281 g/mol. The average Bonchev–Trinajstić information content (AvgIpc) is 2.52. The third-order valence-corrected chi connectivity index (χ3v) is 2.88. The smallest absolute Gasteiger partial charge is 0.274 e. The van der Waals surface area contributed by atoms with Crippen molar-refractivity contribution in [1.82, 2.24) is 5.32 Å². The maximum atomic E-state index is 12.0. The first-order valence-corrected chi connectivity index (χ1v) is 6.12. The van der Waals surface area contributed by atoms with Crippen molar-refractivity contribution in [3.05, 3.63) is 75.3 Å². The molecule has 2 aromatic carbocycles. The number of benzene rings is 2. The van der Waals surface area contributed by atoms with Crippen molar-refractivity contribution in [2.75, 3.05) is 0 Å². The molecule has 0 aliphatic rings. The summed E-state index contributed by atoms with van der Waals surface area (Å²) < 4.78 is 0. The maximum Gasteiger partial charge on any atom is 0.274 e. The number of rotatable bonds is 4. The van der Waals surface area contributed by atoms with Crippen LogP contribution in [0.25, 0.3) is 0 Å². The number of amides is 1. The zero-order chi connectivity index (χ0) is 15.2. The number of nitriles is 1. The van der Waals surface area contributed by atoms with E-state index in [1.165, 1.54) is 12.1 Å². The van der Waals surface area contributed by atoms with Gasteiger partial charge in [-0.1, -0.05) is 24.3 Å². The molecule has 0 atom stereocenters. The van der Waals surface area contributed by atoms with Crippen LogP contribution in [0, 0.1) is 21.4 Å². The lowest BCUT2D eigenvalue weighted by molar-refractivity contribution is -0.385. The molecule has 2 rings (SSSR count). The first-order chi connectivity index (χ1) is 10.1. The van der Waals surface area contributed by atoms with Crippen molar-refractivity contribution < 1.29 is 9.72 Å². The number of nitro groups is 1. The molecule has 0 aliphatic heterocycles. The molecule has 0 heterocycles. The van der Waals surface area contributed by atoms with E-state index in [9.17, 15) is 14.9 Å². The molecule has 0 saturated heterocycles. The van der Waals surface area contributed by atoms with Crippen LogP contribution in [0.3, 0.4) is 0 Å². The number of hydrogen-bond acceptors (Lipinski definition) is 4. The lowest BCUT2D eigenvalue weighted by Crippen LogP contribution is -2.23. The summed E-state index contributed by atoms with van der Waals surface area (Å²) in [5, 5.41) is 22.3. The van der Waals surface area contributed by atoms with E-state index in [-0.39, 0.29) is 18.1 Å². The molecule has 0 unspecified atom stereocenters. The van der Waals surface area contributed by atoms with Crippen LogP contribution in [0.5, 0.6) is 0 Å². The zero-order valence-electron chi connectivity index (χ0n) is 10.9. The molecule has 0 saturated carbocycles. The van der Waals surface area contributed by atoms with E-state index in [0.717, 1.165) is 0 Å². The molecule has 2 aromatic rings. The Balaban J connectivity index is 2.11. The summed E-state index contributed by atoms with van der Waals surface area (Å²) in [6, 6.07) is 14.4. The predicted molar refractivity (Wildman–Crippen MR) is 75.4 cm³/mol. The number of nitrogens with one attached hydrogen (secondary N) is 1. The Hall–Kier alpha value is -3.20. The Morgan fingerprint density at radius 1 is 1.24 bits per heavy atom. The minimum atomic E-state index is -0.488. The summed E-state index contributed by atoms with van der Waals surface area (Å²) in [5.41, 5.74) is 1.11. The highest BCUT2D eigenvalue weighted by Crippen LogP contribution is 2.17. The third-order valence-electron chi connectivity index (χ3n) is 2.88. The van der Waals surface area contributed by atoms with Gasteiger partial charge in [0, 0.05) is 23.7 Å². The molecule has 0 bridgehead atoms. The lowest BCUT2D eigenvalue weighted by atomic mass is 10.1. The molecular formula is C15H11N3O3. The molecule has 6 heteroatoms. The fourth-order valence-corrected chi connectivity index (χ4v) is 1.85. The van der Waals surface area contributed by atoms with Crippen LogP contribution in [0.1, 0.15) is 21.5 Å². The van der Waals surface area contributed by atoms with E-state index >= 15 is 0 Å². The summed E-state index contributed by atoms with van der Waals surface area (Å²) in [6.45, 7) is 0.0484. The van der Waals surface area contributed by atoms with Gasteiger partial charge >= 0.3 is 0 Å². The molecule has 1 N–H and O–H groups in total. The Labute approximate surface area is 120 Å². The lowest BCUT2D eigenvalue weighted by Gasteiger charge is -2.06. The quantitative estimate of drug-likeness (QED) is 0.687. The van der Waals surface area contributed by atoms with Gasteiger partial charge in [0.15, 0.2) is 0 Å². The second-order valence-electron chi connectivity index (χ2n) is 4.26. The standard InChI is InChI=1S/C15H11N3O3/c16-9-11-4-3-6-12(8-11)15(19)17-10-13-5-1-2-7-14(13)18(20)21/h1-8H,10H2,(H,17,19). The molecular weight excluding hydrogens is 270 g/mol. The normalized spacial score (nSPS) is 9.67. The number of hydrogen-bond donors (Lipinski definition) is 1. The average molecular weight is 281 g/mol. The number of carbonyl (C=O) groups excluding carboxylic acids is 1. The molecule has 0 fully saturated rings. The molecule has 0 aliphatic carbocycles. The van der Waals surface area contributed by atoms with Gasteiger partial charge in [0.1, 0.15) is 0 Å². The van der Waals surface area contributed by atoms with Gasteiger partial charge in [-0.15, -0.1) is 0 Å². The van der Waals surface area contributed by atoms with Crippen molar-refractivity contribution in [1.29, 1.82) is 5.26 Å². The summed E-state index contributed by atoms with van der Waals surface area (Å²) >= 11 is 0. The van der Waals surface area contributed by atoms with E-state index in [4.69, 9.17) is 5.26 Å². The second kappa shape index (κ2) is 6.30. The molecule has 1 amide bonds. The highest BCUT2D eigenvalue weighted by atomic mass is 16.6. The minimum absolute atomic E-state index is 0.0384. The van der Waals surface area contributed by atoms with E-state index in [1.54, 1.807) is 36.4 Å². The fourth-order valence-electron chi connectivity index (χ4n) is 1.85. The van der Waals surface area contributed by atoms with Crippen molar-refractivity contribution >= 4 is 11.6 Å². The van der Waals surface area contributed by atoms with E-state index in [0.29, 0.717) is 16.7 Å². The highest BCUT2D eigenvalue weighted by Gasteiger charge is 2.13. The van der Waals surface area contributed by atoms with Gasteiger partial charge in [-0.2, -0.15) is 5.26 Å². The number of para-hydroxylation sites is 1. The molecule has 6 nitrogen and oxygen atoms in total. The van der Waals surface area contributed by atoms with Gasteiger partial charge in [0.25, 0.3) is 11.6 Å². The largest absolute Gasteiger partial charge is 0.348 e. The third kappa shape index (κ3) is 3.42. The molecule has 21 heavy (non-hydrogen) atoms. The number of nitro benzene ring substituents is 1. The van der Waals surface area contributed by atoms with Gasteiger partial charge in [-0.05, 0) is 18.2 Å². The van der Waals surface area contributed by atoms with Crippen LogP contribution in [0.15, 0.2) is 48.5 Å². The van der Waals surface area contributed by atoms with Gasteiger partial charge in [0.05, 0.1) is 16.6 Å². The van der Waals surface area contributed by atoms with Gasteiger partial charge in [-0.25, -0.2) is 0 Å². The van der Waals surface area contributed by atoms with Crippen LogP contribution < -0.4 is 5.32 Å². The van der Waals surface area contributed by atoms with Gasteiger partial charge < -0.3 is 5.32 Å². The summed E-state index contributed by atoms with van der Waals surface area (Å²) in [4.78, 5) is 22.4. The van der Waals surface area contributed by atoms with Gasteiger partial charge in [-0.3, -0.25) is 14.9 Å². The van der Waals surface area contributed by atoms with Crippen molar-refractivity contribution in [3.8, 4) is 6.07 Å². The van der Waals surface area contributed by atoms with Crippen LogP contribution in [-0.2, 0) is 6.54 Å². The van der Waals surface area contributed by atoms with Crippen LogP contribution >= 0.6 is 0 Å². The van der Waals surface area contributed by atoms with Crippen LogP contribution in [0.4, 0.5) is 5.69 Å². The SMILES string of the molecule is N#Cc1cccc(C(=O)NCc2ccccc2[N+](=O)[O-])c1. The zero-order valence-corrected chi connectivity index (χ0v) is 10.9. The summed E-state index contributed by atoms with van der Waals surface area (Å²) in [5.74, 6) is -0.384. The van der Waals surface area contributed by atoms with Crippen molar-refractivity contribution in [2.24, 2.45) is 0 Å². The van der Waals surface area contributed by atoms with Crippen LogP contribution in [0.2, 0.25) is 0 Å². The topological polar surface area (TPSA) is 96.0 Å². The van der Waals surface area contributed by atoms with E-state index in [1.807, 2.05) is 6.07 Å². The maximum absolute atomic E-state index is 12.0. The fraction of sp³-hybridized carbons (Fsp3) is 0.0667. The highest BCUT2D eigenvalue weighted by molar-refractivity contribution is 5.94. The molecule has 0 radical (unpaired) electrons. The Kier molecular flexibility index (Phi) is 4.26. The van der Waals surface area contributed by atoms with Gasteiger partial charge in [0.2, 0.25) is 0 Å². The predicted octanol–water partition coefficient (Wildman–Crippen LogP) is 2.40. The molecule has 104 valence electrons. The van der Waals surface area contributed by atoms with E-state index < -0.39 is 4.92 Å². The number of nitrogens with zero attached hydrogens (tertiary/aromatic N) is 2. The first kappa shape index (κ1) is 14.2. The Morgan fingerprint density at radius 3 is 2.71 bits per heavy atom. The molecule has 0 aromatic heterocycles. The van der Waals surface area contributed by atoms with E-state index in [2.05, 4.69) is 5.32 Å². The van der Waals surface area contributed by atoms with Crippen molar-refractivity contribution in [2.45, 2.75) is 6.54 Å². The Bertz CT molecular complexity index is 735. The molecule has 0 spiro atoms. The second-order valence-corrected chi connectivity index (χ2v) is 4.26. The van der Waals surface area contributed by atoms with Crippen molar-refractivity contribution in [3.63, 3.8) is 0 Å². The summed E-state index contributed by atoms with van der Waals surface area (Å²) in [7, 11) is 0. The van der Waals surface area contributed by atoms with Crippen LogP contribution in [-0.4, -0.2) is 10.8 Å². The minimum Gasteiger partial charge on any atom is -0.348 e. The Morgan fingerprint density at radius 2 is 2.00 bits per heavy atom. The summed E-state index contributed by atoms with van der Waals surface area (Å²) in [6.07, 6.45) is 0. The number of carbonyl (C=O) groups is 1.